The van der Waals surface area contributed by atoms with Crippen molar-refractivity contribution in [2.75, 3.05) is 7.11 Å². The maximum atomic E-state index is 11.7. The topological polar surface area (TPSA) is 85.7 Å². The Labute approximate surface area is 101 Å². The van der Waals surface area contributed by atoms with E-state index in [2.05, 4.69) is 20.2 Å². The van der Waals surface area contributed by atoms with Gasteiger partial charge < -0.3 is 4.74 Å². The summed E-state index contributed by atoms with van der Waals surface area (Å²) in [6, 6.07) is 1.63. The monoisotopic (exact) mass is 243 g/mol. The van der Waals surface area contributed by atoms with E-state index < -0.39 is 5.97 Å². The Balaban J connectivity index is 2.26. The van der Waals surface area contributed by atoms with Gasteiger partial charge >= 0.3 is 5.97 Å². The number of ether oxygens (including phenoxy) is 1. The molecule has 0 unspecified atom stereocenters. The van der Waals surface area contributed by atoms with E-state index in [0.29, 0.717) is 22.4 Å². The lowest BCUT2D eigenvalue weighted by atomic mass is 10.2. The summed E-state index contributed by atoms with van der Waals surface area (Å²) in [5.74, 6) is 0.148. The molecule has 0 saturated heterocycles. The first-order valence-corrected chi connectivity index (χ1v) is 5.20. The van der Waals surface area contributed by atoms with Crippen molar-refractivity contribution in [3.63, 3.8) is 0 Å². The van der Waals surface area contributed by atoms with Crippen LogP contribution in [0.15, 0.2) is 31.0 Å². The van der Waals surface area contributed by atoms with Crippen molar-refractivity contribution in [3.8, 4) is 5.82 Å². The van der Waals surface area contributed by atoms with Gasteiger partial charge in [-0.15, -0.1) is 0 Å². The average Bonchev–Trinajstić information content (AvgIpc) is 3.06. The molecule has 0 amide bonds. The quantitative estimate of drug-likeness (QED) is 0.677. The van der Waals surface area contributed by atoms with Gasteiger partial charge in [-0.1, -0.05) is 0 Å². The molecule has 3 rings (SSSR count). The van der Waals surface area contributed by atoms with Crippen molar-refractivity contribution < 1.29 is 9.53 Å². The molecule has 3 aromatic rings. The number of fused-ring (bicyclic) bond motifs is 1. The molecule has 0 spiro atoms. The van der Waals surface area contributed by atoms with E-state index in [-0.39, 0.29) is 0 Å². The lowest BCUT2D eigenvalue weighted by Crippen LogP contribution is -2.05. The minimum Gasteiger partial charge on any atom is -0.465 e. The third-order valence-corrected chi connectivity index (χ3v) is 2.57. The van der Waals surface area contributed by atoms with Crippen LogP contribution < -0.4 is 0 Å². The van der Waals surface area contributed by atoms with Crippen molar-refractivity contribution in [2.24, 2.45) is 0 Å². The summed E-state index contributed by atoms with van der Waals surface area (Å²) in [6.07, 6.45) is 6.55. The molecule has 0 aromatic carbocycles. The number of H-pyrrole nitrogens is 1. The first kappa shape index (κ1) is 10.5. The van der Waals surface area contributed by atoms with E-state index in [1.54, 1.807) is 35.6 Å². The fourth-order valence-electron chi connectivity index (χ4n) is 1.72. The number of aromatic amines is 1. The Hall–Kier alpha value is -2.70. The summed E-state index contributed by atoms with van der Waals surface area (Å²) in [4.78, 5) is 20.0. The van der Waals surface area contributed by atoms with Crippen LogP contribution >= 0.6 is 0 Å². The number of aromatic nitrogens is 5. The number of nitrogens with zero attached hydrogens (tertiary/aromatic N) is 4. The third-order valence-electron chi connectivity index (χ3n) is 2.57. The maximum Gasteiger partial charge on any atom is 0.340 e. The molecule has 1 N–H and O–H groups in total. The molecule has 0 saturated carbocycles. The SMILES string of the molecule is COC(=O)c1cc(-n2ccnc2)nc2cn[nH]c12. The van der Waals surface area contributed by atoms with Gasteiger partial charge in [-0.3, -0.25) is 9.67 Å². The number of methoxy groups -OCH3 is 1. The highest BCUT2D eigenvalue weighted by Gasteiger charge is 2.15. The molecule has 0 aliphatic rings. The zero-order chi connectivity index (χ0) is 12.5. The van der Waals surface area contributed by atoms with Crippen molar-refractivity contribution in [2.45, 2.75) is 0 Å². The molecular weight excluding hydrogens is 234 g/mol. The van der Waals surface area contributed by atoms with Gasteiger partial charge in [-0.2, -0.15) is 5.10 Å². The highest BCUT2D eigenvalue weighted by molar-refractivity contribution is 6.02. The molecule has 0 atom stereocenters. The van der Waals surface area contributed by atoms with E-state index in [4.69, 9.17) is 4.74 Å². The van der Waals surface area contributed by atoms with Gasteiger partial charge in [-0.25, -0.2) is 14.8 Å². The van der Waals surface area contributed by atoms with E-state index in [0.717, 1.165) is 0 Å². The largest absolute Gasteiger partial charge is 0.465 e. The Morgan fingerprint density at radius 1 is 1.50 bits per heavy atom. The smallest absolute Gasteiger partial charge is 0.340 e. The lowest BCUT2D eigenvalue weighted by molar-refractivity contribution is 0.0602. The van der Waals surface area contributed by atoms with Crippen molar-refractivity contribution in [1.29, 1.82) is 0 Å². The average molecular weight is 243 g/mol. The zero-order valence-electron chi connectivity index (χ0n) is 9.49. The van der Waals surface area contributed by atoms with Gasteiger partial charge in [0.1, 0.15) is 17.7 Å². The molecule has 0 aliphatic heterocycles. The maximum absolute atomic E-state index is 11.7. The third kappa shape index (κ3) is 1.53. The van der Waals surface area contributed by atoms with Gasteiger partial charge in [0.25, 0.3) is 0 Å². The van der Waals surface area contributed by atoms with Crippen LogP contribution in [0.5, 0.6) is 0 Å². The number of hydrogen-bond donors (Lipinski definition) is 1. The summed E-state index contributed by atoms with van der Waals surface area (Å²) in [7, 11) is 1.34. The molecule has 3 aromatic heterocycles. The summed E-state index contributed by atoms with van der Waals surface area (Å²) in [5.41, 5.74) is 1.55. The van der Waals surface area contributed by atoms with Crippen LogP contribution in [0.2, 0.25) is 0 Å². The summed E-state index contributed by atoms with van der Waals surface area (Å²) >= 11 is 0. The Morgan fingerprint density at radius 3 is 3.11 bits per heavy atom. The number of hydrogen-bond acceptors (Lipinski definition) is 5. The van der Waals surface area contributed by atoms with Gasteiger partial charge in [0, 0.05) is 12.4 Å². The molecule has 0 radical (unpaired) electrons. The molecular formula is C11H9N5O2. The van der Waals surface area contributed by atoms with E-state index >= 15 is 0 Å². The van der Waals surface area contributed by atoms with Crippen LogP contribution in [0.25, 0.3) is 16.9 Å². The number of carbonyl (C=O) groups is 1. The molecule has 7 nitrogen and oxygen atoms in total. The molecule has 0 aliphatic carbocycles. The molecule has 90 valence electrons. The molecule has 0 fully saturated rings. The molecule has 18 heavy (non-hydrogen) atoms. The van der Waals surface area contributed by atoms with Gasteiger partial charge in [0.05, 0.1) is 24.4 Å². The van der Waals surface area contributed by atoms with Crippen molar-refractivity contribution in [1.82, 2.24) is 24.7 Å². The number of carbonyl (C=O) groups excluding carboxylic acids is 1. The predicted octanol–water partition coefficient (Wildman–Crippen LogP) is 0.930. The van der Waals surface area contributed by atoms with Crippen LogP contribution in [0, 0.1) is 0 Å². The summed E-state index contributed by atoms with van der Waals surface area (Å²) < 4.78 is 6.45. The minimum atomic E-state index is -0.437. The first-order chi connectivity index (χ1) is 8.79. The minimum absolute atomic E-state index is 0.392. The second-order valence-electron chi connectivity index (χ2n) is 3.62. The van der Waals surface area contributed by atoms with E-state index in [9.17, 15) is 4.79 Å². The lowest BCUT2D eigenvalue weighted by Gasteiger charge is -2.05. The van der Waals surface area contributed by atoms with Crippen LogP contribution in [-0.2, 0) is 4.74 Å². The fraction of sp³-hybridized carbons (Fsp3) is 0.0909. The van der Waals surface area contributed by atoms with Gasteiger partial charge in [0.2, 0.25) is 0 Å². The second-order valence-corrected chi connectivity index (χ2v) is 3.62. The first-order valence-electron chi connectivity index (χ1n) is 5.20. The Bertz CT molecular complexity index is 701. The molecule has 0 bridgehead atoms. The summed E-state index contributed by atoms with van der Waals surface area (Å²) in [6.45, 7) is 0. The predicted molar refractivity (Wildman–Crippen MR) is 62.4 cm³/mol. The fourth-order valence-corrected chi connectivity index (χ4v) is 1.72. The van der Waals surface area contributed by atoms with Crippen LogP contribution in [0.4, 0.5) is 0 Å². The molecule has 3 heterocycles. The standard InChI is InChI=1S/C11H9N5O2/c1-18-11(17)7-4-9(16-3-2-12-6-16)14-8-5-13-15-10(7)8/h2-6H,1H3,(H,13,15). The highest BCUT2D eigenvalue weighted by atomic mass is 16.5. The van der Waals surface area contributed by atoms with E-state index in [1.165, 1.54) is 7.11 Å². The van der Waals surface area contributed by atoms with Gasteiger partial charge in [0.15, 0.2) is 0 Å². The highest BCUT2D eigenvalue weighted by Crippen LogP contribution is 2.18. The Kier molecular flexibility index (Phi) is 2.30. The van der Waals surface area contributed by atoms with Crippen molar-refractivity contribution in [3.05, 3.63) is 36.5 Å². The number of rotatable bonds is 2. The van der Waals surface area contributed by atoms with Gasteiger partial charge in [-0.05, 0) is 6.07 Å². The number of esters is 1. The van der Waals surface area contributed by atoms with Crippen LogP contribution in [-0.4, -0.2) is 37.8 Å². The van der Waals surface area contributed by atoms with Crippen LogP contribution in [0.1, 0.15) is 10.4 Å². The number of pyridine rings is 1. The molecule has 7 heteroatoms. The van der Waals surface area contributed by atoms with Crippen LogP contribution in [0.3, 0.4) is 0 Å². The number of imidazole rings is 1. The van der Waals surface area contributed by atoms with Crippen molar-refractivity contribution >= 4 is 17.0 Å². The normalized spacial score (nSPS) is 10.7. The second kappa shape index (κ2) is 3.95. The zero-order valence-corrected chi connectivity index (χ0v) is 9.49. The number of nitrogens with one attached hydrogen (secondary N) is 1. The summed E-state index contributed by atoms with van der Waals surface area (Å²) in [5, 5.41) is 6.62. The Morgan fingerprint density at radius 2 is 2.39 bits per heavy atom. The van der Waals surface area contributed by atoms with E-state index in [1.807, 2.05) is 0 Å².